The van der Waals surface area contributed by atoms with Crippen LogP contribution in [0, 0.1) is 5.92 Å². The van der Waals surface area contributed by atoms with Crippen molar-refractivity contribution >= 4 is 23.2 Å². The normalized spacial score (nSPS) is 16.0. The molecule has 1 aromatic heterocycles. The number of aromatic nitrogens is 2. The summed E-state index contributed by atoms with van der Waals surface area (Å²) in [6.45, 7) is 6.22. The highest BCUT2D eigenvalue weighted by Crippen LogP contribution is 2.27. The van der Waals surface area contributed by atoms with Gasteiger partial charge in [-0.15, -0.1) is 5.10 Å². The average Bonchev–Trinajstić information content (AvgIpc) is 2.64. The first-order valence-electron chi connectivity index (χ1n) is 8.94. The van der Waals surface area contributed by atoms with Crippen molar-refractivity contribution in [3.8, 4) is 11.6 Å². The Kier molecular flexibility index (Phi) is 6.57. The second-order valence-electron chi connectivity index (χ2n) is 6.72. The molecular weight excluding hydrogens is 373 g/mol. The second kappa shape index (κ2) is 8.89. The number of halogens is 2. The fourth-order valence-corrected chi connectivity index (χ4v) is 3.43. The molecule has 0 bridgehead atoms. The second-order valence-corrected chi connectivity index (χ2v) is 7.51. The predicted molar refractivity (Wildman–Crippen MR) is 105 cm³/mol. The van der Waals surface area contributed by atoms with Crippen molar-refractivity contribution in [2.75, 3.05) is 26.2 Å². The van der Waals surface area contributed by atoms with Crippen molar-refractivity contribution in [3.05, 3.63) is 50.7 Å². The van der Waals surface area contributed by atoms with Crippen LogP contribution in [0.2, 0.25) is 10.0 Å². The fourth-order valence-electron chi connectivity index (χ4n) is 3.05. The monoisotopic (exact) mass is 395 g/mol. The summed E-state index contributed by atoms with van der Waals surface area (Å²) in [5.74, 6) is 1.24. The topological polar surface area (TPSA) is 47.4 Å². The standard InChI is InChI=1S/C19H23Cl2N3O2/c1-14-8-11-23(12-9-14)10-3-13-26-17-6-7-18(25)24(22-17)16-5-2-4-15(20)19(16)21/h2,4-7,14H,3,8-13H2,1H3. The molecule has 0 amide bonds. The highest BCUT2D eigenvalue weighted by Gasteiger charge is 2.15. The molecule has 7 heteroatoms. The summed E-state index contributed by atoms with van der Waals surface area (Å²) in [5, 5.41) is 4.93. The van der Waals surface area contributed by atoms with Gasteiger partial charge in [-0.05, 0) is 50.4 Å². The molecule has 0 radical (unpaired) electrons. The molecule has 5 nitrogen and oxygen atoms in total. The van der Waals surface area contributed by atoms with Gasteiger partial charge in [-0.3, -0.25) is 4.79 Å². The van der Waals surface area contributed by atoms with Crippen LogP contribution in [0.1, 0.15) is 26.2 Å². The van der Waals surface area contributed by atoms with Gasteiger partial charge >= 0.3 is 0 Å². The lowest BCUT2D eigenvalue weighted by Crippen LogP contribution is -2.34. The minimum atomic E-state index is -0.288. The summed E-state index contributed by atoms with van der Waals surface area (Å²) in [5.41, 5.74) is 0.154. The smallest absolute Gasteiger partial charge is 0.271 e. The van der Waals surface area contributed by atoms with Crippen LogP contribution in [0.15, 0.2) is 35.1 Å². The lowest BCUT2D eigenvalue weighted by molar-refractivity contribution is 0.176. The number of ether oxygens (including phenoxy) is 1. The summed E-state index contributed by atoms with van der Waals surface area (Å²) in [7, 11) is 0. The van der Waals surface area contributed by atoms with Gasteiger partial charge in [0.15, 0.2) is 0 Å². The summed E-state index contributed by atoms with van der Waals surface area (Å²) in [6.07, 6.45) is 3.47. The zero-order valence-corrected chi connectivity index (χ0v) is 16.3. The first-order valence-corrected chi connectivity index (χ1v) is 9.70. The van der Waals surface area contributed by atoms with E-state index in [4.69, 9.17) is 27.9 Å². The van der Waals surface area contributed by atoms with E-state index < -0.39 is 0 Å². The number of hydrogen-bond acceptors (Lipinski definition) is 4. The molecule has 1 aromatic carbocycles. The highest BCUT2D eigenvalue weighted by atomic mass is 35.5. The Hall–Kier alpha value is -1.56. The Morgan fingerprint density at radius 2 is 1.96 bits per heavy atom. The number of piperidine rings is 1. The molecule has 26 heavy (non-hydrogen) atoms. The van der Waals surface area contributed by atoms with Crippen molar-refractivity contribution in [3.63, 3.8) is 0 Å². The largest absolute Gasteiger partial charge is 0.477 e. The van der Waals surface area contributed by atoms with Crippen molar-refractivity contribution in [2.24, 2.45) is 5.92 Å². The van der Waals surface area contributed by atoms with Gasteiger partial charge < -0.3 is 9.64 Å². The van der Waals surface area contributed by atoms with Gasteiger partial charge in [0.25, 0.3) is 5.56 Å². The Bertz CT molecular complexity index is 802. The van der Waals surface area contributed by atoms with Gasteiger partial charge in [-0.2, -0.15) is 4.68 Å². The number of rotatable bonds is 6. The molecule has 1 aliphatic rings. The third-order valence-corrected chi connectivity index (χ3v) is 5.49. The quantitative estimate of drug-likeness (QED) is 0.692. The zero-order chi connectivity index (χ0) is 18.5. The Morgan fingerprint density at radius 3 is 2.73 bits per heavy atom. The van der Waals surface area contributed by atoms with Gasteiger partial charge in [0.05, 0.1) is 22.3 Å². The van der Waals surface area contributed by atoms with Crippen LogP contribution in [-0.4, -0.2) is 40.9 Å². The maximum atomic E-state index is 12.1. The molecule has 0 N–H and O–H groups in total. The molecule has 0 spiro atoms. The molecule has 2 heterocycles. The first kappa shape index (κ1) is 19.2. The van der Waals surface area contributed by atoms with E-state index in [2.05, 4.69) is 16.9 Å². The van der Waals surface area contributed by atoms with Crippen LogP contribution in [0.4, 0.5) is 0 Å². The van der Waals surface area contributed by atoms with E-state index in [9.17, 15) is 4.79 Å². The van der Waals surface area contributed by atoms with Crippen molar-refractivity contribution in [1.29, 1.82) is 0 Å². The van der Waals surface area contributed by atoms with Crippen molar-refractivity contribution in [1.82, 2.24) is 14.7 Å². The molecular formula is C19H23Cl2N3O2. The van der Waals surface area contributed by atoms with Crippen molar-refractivity contribution in [2.45, 2.75) is 26.2 Å². The predicted octanol–water partition coefficient (Wildman–Crippen LogP) is 4.04. The van der Waals surface area contributed by atoms with E-state index in [1.54, 1.807) is 24.3 Å². The molecule has 0 atom stereocenters. The summed E-state index contributed by atoms with van der Waals surface area (Å²) < 4.78 is 6.95. The maximum Gasteiger partial charge on any atom is 0.271 e. The van der Waals surface area contributed by atoms with Gasteiger partial charge in [0.2, 0.25) is 5.88 Å². The van der Waals surface area contributed by atoms with Crippen LogP contribution in [-0.2, 0) is 0 Å². The van der Waals surface area contributed by atoms with Crippen LogP contribution in [0.3, 0.4) is 0 Å². The van der Waals surface area contributed by atoms with E-state index in [-0.39, 0.29) is 5.56 Å². The summed E-state index contributed by atoms with van der Waals surface area (Å²) in [4.78, 5) is 14.6. The van der Waals surface area contributed by atoms with Gasteiger partial charge in [0, 0.05) is 18.7 Å². The minimum Gasteiger partial charge on any atom is -0.477 e. The van der Waals surface area contributed by atoms with Crippen LogP contribution < -0.4 is 10.3 Å². The third-order valence-electron chi connectivity index (χ3n) is 4.68. The van der Waals surface area contributed by atoms with Gasteiger partial charge in [0.1, 0.15) is 0 Å². The molecule has 0 unspecified atom stereocenters. The van der Waals surface area contributed by atoms with E-state index in [0.717, 1.165) is 32.0 Å². The van der Waals surface area contributed by atoms with Crippen LogP contribution >= 0.6 is 23.2 Å². The maximum absolute atomic E-state index is 12.1. The zero-order valence-electron chi connectivity index (χ0n) is 14.8. The molecule has 0 aliphatic carbocycles. The van der Waals surface area contributed by atoms with E-state index >= 15 is 0 Å². The third kappa shape index (κ3) is 4.78. The summed E-state index contributed by atoms with van der Waals surface area (Å²) in [6, 6.07) is 8.10. The van der Waals surface area contributed by atoms with Crippen molar-refractivity contribution < 1.29 is 4.74 Å². The van der Waals surface area contributed by atoms with Gasteiger partial charge in [-0.1, -0.05) is 36.2 Å². The lowest BCUT2D eigenvalue weighted by Gasteiger charge is -2.29. The van der Waals surface area contributed by atoms with Gasteiger partial charge in [-0.25, -0.2) is 0 Å². The van der Waals surface area contributed by atoms with E-state index in [1.807, 2.05) is 0 Å². The lowest BCUT2D eigenvalue weighted by atomic mass is 9.99. The first-order chi connectivity index (χ1) is 12.5. The number of nitrogens with zero attached hydrogens (tertiary/aromatic N) is 3. The Labute approximate surface area is 163 Å². The summed E-state index contributed by atoms with van der Waals surface area (Å²) >= 11 is 12.2. The van der Waals surface area contributed by atoms with Crippen LogP contribution in [0.5, 0.6) is 5.88 Å². The molecule has 2 aromatic rings. The van der Waals surface area contributed by atoms with E-state index in [1.165, 1.54) is 23.6 Å². The average molecular weight is 396 g/mol. The Morgan fingerprint density at radius 1 is 1.19 bits per heavy atom. The Balaban J connectivity index is 1.59. The van der Waals surface area contributed by atoms with E-state index in [0.29, 0.717) is 28.2 Å². The number of likely N-dealkylation sites (tertiary alicyclic amines) is 1. The molecule has 1 fully saturated rings. The molecule has 1 saturated heterocycles. The molecule has 1 aliphatic heterocycles. The number of benzene rings is 1. The minimum absolute atomic E-state index is 0.288. The molecule has 140 valence electrons. The SMILES string of the molecule is CC1CCN(CCCOc2ccc(=O)n(-c3cccc(Cl)c3Cl)n2)CC1. The molecule has 0 saturated carbocycles. The van der Waals surface area contributed by atoms with Crippen LogP contribution in [0.25, 0.3) is 5.69 Å². The fraction of sp³-hybridized carbons (Fsp3) is 0.474. The molecule has 3 rings (SSSR count). The number of hydrogen-bond donors (Lipinski definition) is 0. The highest BCUT2D eigenvalue weighted by molar-refractivity contribution is 6.43.